The predicted molar refractivity (Wildman–Crippen MR) is 44.3 cm³/mol. The molecule has 0 N–H and O–H groups in total. The fourth-order valence-electron chi connectivity index (χ4n) is 2.30. The number of alkyl halides is 1. The number of hydrogen-bond acceptors (Lipinski definition) is 0. The fraction of sp³-hybridized carbons (Fsp3) is 0.778. The van der Waals surface area contributed by atoms with E-state index >= 15 is 0 Å². The van der Waals surface area contributed by atoms with E-state index in [1.165, 1.54) is 25.7 Å². The smallest absolute Gasteiger partial charge is 0.0519 e. The molecule has 1 saturated carbocycles. The van der Waals surface area contributed by atoms with Crippen molar-refractivity contribution in [1.82, 2.24) is 0 Å². The molecule has 0 nitrogen and oxygen atoms in total. The number of hydrogen-bond donors (Lipinski definition) is 0. The van der Waals surface area contributed by atoms with Gasteiger partial charge in [-0.1, -0.05) is 11.1 Å². The summed E-state index contributed by atoms with van der Waals surface area (Å²) >= 11 is 6.02. The van der Waals surface area contributed by atoms with Crippen molar-refractivity contribution in [3.63, 3.8) is 0 Å². The highest BCUT2D eigenvalue weighted by Crippen LogP contribution is 2.45. The minimum absolute atomic E-state index is 0.306. The Kier molecular flexibility index (Phi) is 1.52. The van der Waals surface area contributed by atoms with E-state index in [0.29, 0.717) is 5.38 Å². The third-order valence-electron chi connectivity index (χ3n) is 2.83. The van der Waals surface area contributed by atoms with Crippen molar-refractivity contribution in [2.45, 2.75) is 38.0 Å². The molecule has 0 heterocycles. The van der Waals surface area contributed by atoms with Gasteiger partial charge in [-0.3, -0.25) is 0 Å². The van der Waals surface area contributed by atoms with Crippen molar-refractivity contribution in [3.8, 4) is 0 Å². The second kappa shape index (κ2) is 2.27. The molecule has 2 rings (SSSR count). The summed E-state index contributed by atoms with van der Waals surface area (Å²) in [6.45, 7) is 2.10. The van der Waals surface area contributed by atoms with Crippen LogP contribution in [-0.2, 0) is 0 Å². The Hall–Kier alpha value is 0.0300. The zero-order valence-electron chi connectivity index (χ0n) is 6.36. The van der Waals surface area contributed by atoms with E-state index in [0.717, 1.165) is 5.92 Å². The molecule has 0 spiro atoms. The van der Waals surface area contributed by atoms with Gasteiger partial charge in [-0.25, -0.2) is 0 Å². The molecule has 2 bridgehead atoms. The van der Waals surface area contributed by atoms with E-state index in [1.54, 1.807) is 11.1 Å². The molecule has 2 unspecified atom stereocenters. The van der Waals surface area contributed by atoms with Crippen molar-refractivity contribution in [1.29, 1.82) is 0 Å². The Bertz CT molecular complexity index is 179. The second-order valence-corrected chi connectivity index (χ2v) is 4.21. The quantitative estimate of drug-likeness (QED) is 0.404. The van der Waals surface area contributed by atoms with Gasteiger partial charge in [0.15, 0.2) is 0 Å². The molecule has 0 radical (unpaired) electrons. The minimum Gasteiger partial charge on any atom is -0.118 e. The van der Waals surface area contributed by atoms with Gasteiger partial charge in [0, 0.05) is 0 Å². The van der Waals surface area contributed by atoms with E-state index in [-0.39, 0.29) is 0 Å². The van der Waals surface area contributed by atoms with Gasteiger partial charge < -0.3 is 0 Å². The summed E-state index contributed by atoms with van der Waals surface area (Å²) in [4.78, 5) is 0. The lowest BCUT2D eigenvalue weighted by atomic mass is 9.97. The summed E-state index contributed by atoms with van der Waals surface area (Å²) < 4.78 is 0. The average molecular weight is 157 g/mol. The minimum atomic E-state index is 0.306. The van der Waals surface area contributed by atoms with Crippen LogP contribution in [0.2, 0.25) is 0 Å². The van der Waals surface area contributed by atoms with E-state index in [9.17, 15) is 0 Å². The molecule has 2 aliphatic rings. The zero-order chi connectivity index (χ0) is 7.14. The van der Waals surface area contributed by atoms with Gasteiger partial charge in [-0.2, -0.15) is 0 Å². The largest absolute Gasteiger partial charge is 0.118 e. The maximum absolute atomic E-state index is 6.02. The lowest BCUT2D eigenvalue weighted by Crippen LogP contribution is -2.02. The summed E-state index contributed by atoms with van der Waals surface area (Å²) in [5.74, 6) is 0.978. The Balaban J connectivity index is 2.22. The first-order chi connectivity index (χ1) is 4.77. The van der Waals surface area contributed by atoms with Crippen LogP contribution in [0.5, 0.6) is 0 Å². The highest BCUT2D eigenvalue weighted by Gasteiger charge is 2.31. The second-order valence-electron chi connectivity index (χ2n) is 3.56. The first kappa shape index (κ1) is 6.72. The van der Waals surface area contributed by atoms with Gasteiger partial charge in [-0.05, 0) is 38.5 Å². The van der Waals surface area contributed by atoms with Crippen molar-refractivity contribution in [3.05, 3.63) is 11.1 Å². The zero-order valence-corrected chi connectivity index (χ0v) is 7.12. The van der Waals surface area contributed by atoms with Gasteiger partial charge in [0.05, 0.1) is 5.38 Å². The molecular weight excluding hydrogens is 144 g/mol. The standard InChI is InChI=1S/C9H13Cl/c1-6(10)9-5-7-2-3-8(9)4-7/h6-7H,2-5H2,1H3. The summed E-state index contributed by atoms with van der Waals surface area (Å²) in [5.41, 5.74) is 3.26. The van der Waals surface area contributed by atoms with Crippen LogP contribution < -0.4 is 0 Å². The fourth-order valence-corrected chi connectivity index (χ4v) is 2.54. The van der Waals surface area contributed by atoms with Crippen molar-refractivity contribution < 1.29 is 0 Å². The van der Waals surface area contributed by atoms with Gasteiger partial charge in [0.2, 0.25) is 0 Å². The Morgan fingerprint density at radius 2 is 2.30 bits per heavy atom. The average Bonchev–Trinajstić information content (AvgIpc) is 2.44. The number of rotatable bonds is 1. The van der Waals surface area contributed by atoms with E-state index in [2.05, 4.69) is 6.92 Å². The number of halogens is 1. The summed E-state index contributed by atoms with van der Waals surface area (Å²) in [6, 6.07) is 0. The molecule has 0 aliphatic heterocycles. The van der Waals surface area contributed by atoms with Crippen LogP contribution in [0.4, 0.5) is 0 Å². The molecule has 1 heteroatoms. The molecule has 56 valence electrons. The van der Waals surface area contributed by atoms with E-state index < -0.39 is 0 Å². The maximum atomic E-state index is 6.02. The monoisotopic (exact) mass is 156 g/mol. The van der Waals surface area contributed by atoms with E-state index in [1.807, 2.05) is 0 Å². The van der Waals surface area contributed by atoms with Gasteiger partial charge in [-0.15, -0.1) is 11.6 Å². The normalized spacial score (nSPS) is 33.6. The predicted octanol–water partition coefficient (Wildman–Crippen LogP) is 3.11. The van der Waals surface area contributed by atoms with Crippen LogP contribution in [0.25, 0.3) is 0 Å². The SMILES string of the molecule is CC(Cl)C1=C2CCC(C2)C1. The van der Waals surface area contributed by atoms with Gasteiger partial charge in [0.25, 0.3) is 0 Å². The number of fused-ring (bicyclic) bond motifs is 2. The summed E-state index contributed by atoms with van der Waals surface area (Å²) in [5, 5.41) is 0.306. The summed E-state index contributed by atoms with van der Waals surface area (Å²) in [7, 11) is 0. The molecule has 2 aliphatic carbocycles. The van der Waals surface area contributed by atoms with Crippen LogP contribution in [0.3, 0.4) is 0 Å². The molecule has 2 atom stereocenters. The first-order valence-electron chi connectivity index (χ1n) is 4.12. The number of allylic oxidation sites excluding steroid dienone is 2. The Morgan fingerprint density at radius 1 is 1.50 bits per heavy atom. The van der Waals surface area contributed by atoms with Crippen LogP contribution in [0.1, 0.15) is 32.6 Å². The molecule has 1 fully saturated rings. The summed E-state index contributed by atoms with van der Waals surface area (Å²) in [6.07, 6.45) is 5.45. The van der Waals surface area contributed by atoms with Crippen LogP contribution in [0.15, 0.2) is 11.1 Å². The van der Waals surface area contributed by atoms with Gasteiger partial charge >= 0.3 is 0 Å². The van der Waals surface area contributed by atoms with Crippen LogP contribution in [-0.4, -0.2) is 5.38 Å². The lowest BCUT2D eigenvalue weighted by molar-refractivity contribution is 0.557. The first-order valence-corrected chi connectivity index (χ1v) is 4.56. The Morgan fingerprint density at radius 3 is 2.60 bits per heavy atom. The van der Waals surface area contributed by atoms with Crippen molar-refractivity contribution >= 4 is 11.6 Å². The van der Waals surface area contributed by atoms with E-state index in [4.69, 9.17) is 11.6 Å². The third-order valence-corrected chi connectivity index (χ3v) is 3.10. The highest BCUT2D eigenvalue weighted by atomic mass is 35.5. The Labute approximate surface area is 67.3 Å². The molecule has 0 aromatic carbocycles. The molecule has 0 amide bonds. The van der Waals surface area contributed by atoms with Gasteiger partial charge in [0.1, 0.15) is 0 Å². The van der Waals surface area contributed by atoms with Crippen molar-refractivity contribution in [2.24, 2.45) is 5.92 Å². The molecule has 0 aromatic heterocycles. The molecular formula is C9H13Cl. The highest BCUT2D eigenvalue weighted by molar-refractivity contribution is 6.22. The topological polar surface area (TPSA) is 0 Å². The third kappa shape index (κ3) is 0.897. The maximum Gasteiger partial charge on any atom is 0.0519 e. The lowest BCUT2D eigenvalue weighted by Gasteiger charge is -2.13. The molecule has 10 heavy (non-hydrogen) atoms. The molecule has 0 aromatic rings. The van der Waals surface area contributed by atoms with Crippen LogP contribution >= 0.6 is 11.6 Å². The van der Waals surface area contributed by atoms with Crippen molar-refractivity contribution in [2.75, 3.05) is 0 Å². The molecule has 0 saturated heterocycles. The van der Waals surface area contributed by atoms with Crippen LogP contribution in [0, 0.1) is 5.92 Å².